The van der Waals surface area contributed by atoms with Gasteiger partial charge in [0.2, 0.25) is 6.40 Å². The zero-order valence-electron chi connectivity index (χ0n) is 3.61. The minimum absolute atomic E-state index is 1.26. The molecule has 1 aliphatic rings. The number of allylic oxidation sites excluding steroid dienone is 1. The van der Waals surface area contributed by atoms with E-state index in [9.17, 15) is 0 Å². The highest BCUT2D eigenvalue weighted by Gasteiger charge is 1.71. The van der Waals surface area contributed by atoms with Crippen molar-refractivity contribution in [1.29, 1.82) is 0 Å². The summed E-state index contributed by atoms with van der Waals surface area (Å²) in [6.07, 6.45) is 5.97. The molecule has 3 nitrogen and oxygen atoms in total. The summed E-state index contributed by atoms with van der Waals surface area (Å²) in [4.78, 5) is 0. The third kappa shape index (κ3) is 1.17. The van der Waals surface area contributed by atoms with Crippen molar-refractivity contribution < 1.29 is 4.74 Å². The molecular formula is C4H4N2O. The van der Waals surface area contributed by atoms with Gasteiger partial charge in [-0.15, -0.1) is 5.10 Å². The first-order valence-corrected chi connectivity index (χ1v) is 1.85. The zero-order chi connectivity index (χ0) is 4.95. The molecule has 0 unspecified atom stereocenters. The lowest BCUT2D eigenvalue weighted by Gasteiger charge is -1.77. The quantitative estimate of drug-likeness (QED) is 0.433. The number of hydrogen-bond donors (Lipinski definition) is 0. The van der Waals surface area contributed by atoms with Crippen LogP contribution in [0.4, 0.5) is 0 Å². The van der Waals surface area contributed by atoms with Gasteiger partial charge < -0.3 is 4.74 Å². The van der Waals surface area contributed by atoms with Crippen LogP contribution >= 0.6 is 0 Å². The van der Waals surface area contributed by atoms with Crippen LogP contribution in [0.25, 0.3) is 0 Å². The highest BCUT2D eigenvalue weighted by molar-refractivity contribution is 5.72. The molecule has 3 heteroatoms. The predicted molar refractivity (Wildman–Crippen MR) is 27.2 cm³/mol. The van der Waals surface area contributed by atoms with Crippen LogP contribution in [0, 0.1) is 0 Å². The Morgan fingerprint density at radius 2 is 2.29 bits per heavy atom. The molecule has 0 bridgehead atoms. The smallest absolute Gasteiger partial charge is 0.200 e. The fourth-order valence-corrected chi connectivity index (χ4v) is 0.247. The van der Waals surface area contributed by atoms with E-state index in [2.05, 4.69) is 14.9 Å². The van der Waals surface area contributed by atoms with Crippen molar-refractivity contribution in [3.63, 3.8) is 0 Å². The second-order valence-electron chi connectivity index (χ2n) is 0.950. The fraction of sp³-hybridized carbons (Fsp3) is 0. The number of ether oxygens (including phenoxy) is 1. The largest absolute Gasteiger partial charge is 0.452 e. The van der Waals surface area contributed by atoms with E-state index >= 15 is 0 Å². The molecule has 7 heavy (non-hydrogen) atoms. The summed E-state index contributed by atoms with van der Waals surface area (Å²) in [5, 5.41) is 6.93. The Kier molecular flexibility index (Phi) is 1.23. The lowest BCUT2D eigenvalue weighted by atomic mass is 10.7. The highest BCUT2D eigenvalue weighted by atomic mass is 16.5. The lowest BCUT2D eigenvalue weighted by molar-refractivity contribution is 0.494. The van der Waals surface area contributed by atoms with Crippen LogP contribution in [0.1, 0.15) is 0 Å². The molecule has 0 radical (unpaired) electrons. The first-order valence-electron chi connectivity index (χ1n) is 1.85. The van der Waals surface area contributed by atoms with Gasteiger partial charge in [-0.05, 0) is 6.08 Å². The van der Waals surface area contributed by atoms with Crippen molar-refractivity contribution in [3.8, 4) is 0 Å². The van der Waals surface area contributed by atoms with Crippen LogP contribution < -0.4 is 0 Å². The van der Waals surface area contributed by atoms with E-state index in [1.165, 1.54) is 12.7 Å². The van der Waals surface area contributed by atoms with E-state index in [-0.39, 0.29) is 0 Å². The van der Waals surface area contributed by atoms with E-state index in [0.717, 1.165) is 0 Å². The highest BCUT2D eigenvalue weighted by Crippen LogP contribution is 1.78. The monoisotopic (exact) mass is 96.0 g/mol. The average molecular weight is 96.1 g/mol. The fourth-order valence-electron chi connectivity index (χ4n) is 0.247. The Morgan fingerprint density at radius 1 is 1.29 bits per heavy atom. The van der Waals surface area contributed by atoms with Crippen LogP contribution in [0.5, 0.6) is 0 Å². The first kappa shape index (κ1) is 4.05. The van der Waals surface area contributed by atoms with Gasteiger partial charge in [0, 0.05) is 0 Å². The number of nitrogens with zero attached hydrogens (tertiary/aromatic N) is 2. The summed E-state index contributed by atoms with van der Waals surface area (Å²) in [5.41, 5.74) is 0. The van der Waals surface area contributed by atoms with Gasteiger partial charge in [0.1, 0.15) is 0 Å². The molecule has 0 saturated carbocycles. The maximum absolute atomic E-state index is 4.60. The molecule has 0 amide bonds. The molecule has 0 aliphatic carbocycles. The second-order valence-corrected chi connectivity index (χ2v) is 0.950. The lowest BCUT2D eigenvalue weighted by Crippen LogP contribution is -1.68. The van der Waals surface area contributed by atoms with Crippen LogP contribution in [-0.2, 0) is 4.74 Å². The van der Waals surface area contributed by atoms with Gasteiger partial charge in [-0.1, -0.05) is 0 Å². The van der Waals surface area contributed by atoms with Gasteiger partial charge in [-0.2, -0.15) is 5.10 Å². The number of rotatable bonds is 0. The SMILES string of the molecule is C1=COC=NN=C1. The molecule has 1 heterocycles. The van der Waals surface area contributed by atoms with Gasteiger partial charge >= 0.3 is 0 Å². The third-order valence-corrected chi connectivity index (χ3v) is 0.485. The minimum atomic E-state index is 1.26. The summed E-state index contributed by atoms with van der Waals surface area (Å²) in [7, 11) is 0. The van der Waals surface area contributed by atoms with Crippen LogP contribution in [0.3, 0.4) is 0 Å². The van der Waals surface area contributed by atoms with Crippen LogP contribution in [-0.4, -0.2) is 12.6 Å². The molecule has 0 fully saturated rings. The maximum Gasteiger partial charge on any atom is 0.200 e. The van der Waals surface area contributed by atoms with E-state index in [1.54, 1.807) is 12.3 Å². The van der Waals surface area contributed by atoms with Crippen LogP contribution in [0.15, 0.2) is 22.5 Å². The molecule has 1 aliphatic heterocycles. The molecule has 0 aromatic carbocycles. The second kappa shape index (κ2) is 2.12. The van der Waals surface area contributed by atoms with Gasteiger partial charge in [0.25, 0.3) is 0 Å². The van der Waals surface area contributed by atoms with Crippen molar-refractivity contribution in [2.45, 2.75) is 0 Å². The van der Waals surface area contributed by atoms with E-state index in [4.69, 9.17) is 0 Å². The molecule has 0 aromatic rings. The van der Waals surface area contributed by atoms with Crippen molar-refractivity contribution in [3.05, 3.63) is 12.3 Å². The van der Waals surface area contributed by atoms with Gasteiger partial charge in [0.15, 0.2) is 0 Å². The molecule has 0 saturated heterocycles. The van der Waals surface area contributed by atoms with E-state index < -0.39 is 0 Å². The topological polar surface area (TPSA) is 34.0 Å². The van der Waals surface area contributed by atoms with Gasteiger partial charge in [-0.3, -0.25) is 0 Å². The van der Waals surface area contributed by atoms with Crippen molar-refractivity contribution in [2.24, 2.45) is 10.2 Å². The Hall–Kier alpha value is -1.12. The minimum Gasteiger partial charge on any atom is -0.452 e. The van der Waals surface area contributed by atoms with Gasteiger partial charge in [0.05, 0.1) is 12.5 Å². The zero-order valence-corrected chi connectivity index (χ0v) is 3.61. The molecule has 0 N–H and O–H groups in total. The van der Waals surface area contributed by atoms with Crippen molar-refractivity contribution >= 4 is 12.6 Å². The summed E-state index contributed by atoms with van der Waals surface area (Å²) in [6.45, 7) is 0. The summed E-state index contributed by atoms with van der Waals surface area (Å²) in [6, 6.07) is 0. The first-order chi connectivity index (χ1) is 3.50. The summed E-state index contributed by atoms with van der Waals surface area (Å²) < 4.78 is 4.60. The van der Waals surface area contributed by atoms with Crippen LogP contribution in [0.2, 0.25) is 0 Å². The Balaban J connectivity index is 2.60. The standard InChI is InChI=1S/C4H4N2O/c1-2-5-6-4-7-3-1/h1-4H. The molecule has 0 aromatic heterocycles. The molecular weight excluding hydrogens is 92.1 g/mol. The molecule has 0 atom stereocenters. The predicted octanol–water partition coefficient (Wildman–Crippen LogP) is 0.544. The normalized spacial score (nSPS) is 16.0. The third-order valence-electron chi connectivity index (χ3n) is 0.485. The van der Waals surface area contributed by atoms with Gasteiger partial charge in [-0.25, -0.2) is 0 Å². The Morgan fingerprint density at radius 3 is 3.29 bits per heavy atom. The Labute approximate surface area is 41.0 Å². The maximum atomic E-state index is 4.60. The summed E-state index contributed by atoms with van der Waals surface area (Å²) >= 11 is 0. The van der Waals surface area contributed by atoms with E-state index in [1.807, 2.05) is 0 Å². The molecule has 0 spiro atoms. The molecule has 1 rings (SSSR count). The average Bonchev–Trinajstić information content (AvgIpc) is 1.90. The molecule has 36 valence electrons. The summed E-state index contributed by atoms with van der Waals surface area (Å²) in [5.74, 6) is 0. The van der Waals surface area contributed by atoms with Crippen molar-refractivity contribution in [2.75, 3.05) is 0 Å². The van der Waals surface area contributed by atoms with E-state index in [0.29, 0.717) is 0 Å². The Bertz CT molecular complexity index is 112. The van der Waals surface area contributed by atoms with Crippen molar-refractivity contribution in [1.82, 2.24) is 0 Å². The number of hydrogen-bond acceptors (Lipinski definition) is 3.